The van der Waals surface area contributed by atoms with E-state index < -0.39 is 17.3 Å². The Balaban J connectivity index is 1.41. The number of nitrogens with one attached hydrogen (secondary N) is 2. The van der Waals surface area contributed by atoms with Crippen LogP contribution in [0.4, 0.5) is 10.3 Å². The fourth-order valence-corrected chi connectivity index (χ4v) is 6.91. The third-order valence-corrected chi connectivity index (χ3v) is 9.46. The molecule has 0 radical (unpaired) electrons. The van der Waals surface area contributed by atoms with E-state index >= 15 is 0 Å². The van der Waals surface area contributed by atoms with Gasteiger partial charge in [-0.1, -0.05) is 13.0 Å². The Labute approximate surface area is 260 Å². The number of hydrogen-bond acceptors (Lipinski definition) is 5. The highest BCUT2D eigenvalue weighted by molar-refractivity contribution is 6.04. The average molecular weight is 606 g/mol. The molecule has 2 aliphatic rings. The van der Waals surface area contributed by atoms with Crippen molar-refractivity contribution in [3.8, 4) is 0 Å². The van der Waals surface area contributed by atoms with Crippen molar-refractivity contribution in [3.05, 3.63) is 58.9 Å². The number of imidazole rings is 1. The number of benzene rings is 2. The number of piperidine rings is 1. The van der Waals surface area contributed by atoms with Gasteiger partial charge in [-0.15, -0.1) is 0 Å². The van der Waals surface area contributed by atoms with Crippen LogP contribution in [0.25, 0.3) is 11.0 Å². The predicted molar refractivity (Wildman–Crippen MR) is 172 cm³/mol. The van der Waals surface area contributed by atoms with Crippen LogP contribution >= 0.6 is 0 Å². The highest BCUT2D eigenvalue weighted by Crippen LogP contribution is 2.37. The Morgan fingerprint density at radius 2 is 1.73 bits per heavy atom. The van der Waals surface area contributed by atoms with Crippen LogP contribution < -0.4 is 10.6 Å². The average Bonchev–Trinajstić information content (AvgIpc) is 3.33. The quantitative estimate of drug-likeness (QED) is 0.269. The van der Waals surface area contributed by atoms with E-state index in [1.807, 2.05) is 40.7 Å². The molecule has 2 fully saturated rings. The minimum absolute atomic E-state index is 0.0244. The van der Waals surface area contributed by atoms with Gasteiger partial charge in [-0.3, -0.25) is 19.8 Å². The first kappa shape index (κ1) is 32.1. The van der Waals surface area contributed by atoms with Gasteiger partial charge in [-0.05, 0) is 133 Å². The first-order chi connectivity index (χ1) is 20.9. The van der Waals surface area contributed by atoms with Gasteiger partial charge in [0.1, 0.15) is 5.82 Å². The van der Waals surface area contributed by atoms with Gasteiger partial charge in [-0.2, -0.15) is 0 Å². The Bertz CT molecular complexity index is 1480. The molecule has 9 heteroatoms. The van der Waals surface area contributed by atoms with E-state index in [2.05, 4.69) is 32.2 Å². The van der Waals surface area contributed by atoms with Gasteiger partial charge in [-0.25, -0.2) is 9.37 Å². The lowest BCUT2D eigenvalue weighted by Gasteiger charge is -2.37. The predicted octanol–water partition coefficient (Wildman–Crippen LogP) is 6.23. The Kier molecular flexibility index (Phi) is 9.75. The lowest BCUT2D eigenvalue weighted by molar-refractivity contribution is -0.126. The van der Waals surface area contributed by atoms with Gasteiger partial charge in [0.15, 0.2) is 0 Å². The summed E-state index contributed by atoms with van der Waals surface area (Å²) >= 11 is 0. The van der Waals surface area contributed by atoms with E-state index in [0.717, 1.165) is 74.8 Å². The highest BCUT2D eigenvalue weighted by Gasteiger charge is 2.32. The number of hydrogen-bond donors (Lipinski definition) is 3. The summed E-state index contributed by atoms with van der Waals surface area (Å²) in [6, 6.07) is 10.9. The molecular weight excluding hydrogens is 557 g/mol. The van der Waals surface area contributed by atoms with Gasteiger partial charge >= 0.3 is 0 Å². The molecule has 238 valence electrons. The second-order valence-electron chi connectivity index (χ2n) is 13.7. The summed E-state index contributed by atoms with van der Waals surface area (Å²) in [4.78, 5) is 33.4. The molecule has 0 spiro atoms. The third kappa shape index (κ3) is 7.49. The molecule has 1 aromatic heterocycles. The molecule has 1 saturated heterocycles. The van der Waals surface area contributed by atoms with Crippen LogP contribution in [0, 0.1) is 17.7 Å². The molecule has 44 heavy (non-hydrogen) atoms. The molecule has 3 aromatic rings. The maximum absolute atomic E-state index is 14.3. The van der Waals surface area contributed by atoms with Crippen LogP contribution in [0.2, 0.25) is 0 Å². The summed E-state index contributed by atoms with van der Waals surface area (Å²) in [5, 5.41) is 16.5. The first-order valence-electron chi connectivity index (χ1n) is 16.3. The molecule has 2 amide bonds. The summed E-state index contributed by atoms with van der Waals surface area (Å²) in [5.74, 6) is 0.0102. The molecule has 3 N–H and O–H groups in total. The minimum atomic E-state index is -0.656. The summed E-state index contributed by atoms with van der Waals surface area (Å²) < 4.78 is 16.4. The Morgan fingerprint density at radius 3 is 2.36 bits per heavy atom. The highest BCUT2D eigenvalue weighted by atomic mass is 19.1. The third-order valence-electron chi connectivity index (χ3n) is 9.46. The summed E-state index contributed by atoms with van der Waals surface area (Å²) in [5.41, 5.74) is 3.28. The van der Waals surface area contributed by atoms with Crippen molar-refractivity contribution in [2.75, 3.05) is 18.4 Å². The number of likely N-dealkylation sites (tertiary alicyclic amines) is 1. The van der Waals surface area contributed by atoms with E-state index in [0.29, 0.717) is 18.3 Å². The number of nitrogens with zero attached hydrogens (tertiary/aromatic N) is 3. The number of carbonyl (C=O) groups is 2. The molecule has 0 bridgehead atoms. The number of anilines is 1. The first-order valence-corrected chi connectivity index (χ1v) is 16.3. The second kappa shape index (κ2) is 13.4. The topological polar surface area (TPSA) is 99.5 Å². The Morgan fingerprint density at radius 1 is 1.02 bits per heavy atom. The molecule has 1 saturated carbocycles. The SMILES string of the molecule is CCc1cc(F)cc(C(=O)Nc2nc3ccc(CN4CCC(C(C)(C)O)CC4)cc3n2C2CCC(C(=O)NC(C)C)CC2)c1. The van der Waals surface area contributed by atoms with Crippen LogP contribution in [-0.2, 0) is 17.8 Å². The minimum Gasteiger partial charge on any atom is -0.390 e. The van der Waals surface area contributed by atoms with Gasteiger partial charge in [0.05, 0.1) is 16.6 Å². The fourth-order valence-electron chi connectivity index (χ4n) is 6.91. The largest absolute Gasteiger partial charge is 0.390 e. The number of aliphatic hydroxyl groups is 1. The zero-order chi connectivity index (χ0) is 31.6. The van der Waals surface area contributed by atoms with Gasteiger partial charge in [0, 0.05) is 30.1 Å². The van der Waals surface area contributed by atoms with E-state index in [9.17, 15) is 19.1 Å². The van der Waals surface area contributed by atoms with Gasteiger partial charge in [0.2, 0.25) is 11.9 Å². The smallest absolute Gasteiger partial charge is 0.258 e. The van der Waals surface area contributed by atoms with Crippen molar-refractivity contribution in [1.29, 1.82) is 0 Å². The van der Waals surface area contributed by atoms with Crippen LogP contribution in [0.15, 0.2) is 36.4 Å². The second-order valence-corrected chi connectivity index (χ2v) is 13.7. The molecule has 2 aromatic carbocycles. The number of halogens is 1. The van der Waals surface area contributed by atoms with Crippen molar-refractivity contribution >= 4 is 28.8 Å². The lowest BCUT2D eigenvalue weighted by atomic mass is 9.83. The maximum Gasteiger partial charge on any atom is 0.258 e. The summed E-state index contributed by atoms with van der Waals surface area (Å²) in [6.45, 7) is 12.4. The molecule has 0 atom stereocenters. The van der Waals surface area contributed by atoms with Gasteiger partial charge < -0.3 is 15.0 Å². The van der Waals surface area contributed by atoms with Crippen molar-refractivity contribution in [3.63, 3.8) is 0 Å². The number of rotatable bonds is 9. The summed E-state index contributed by atoms with van der Waals surface area (Å²) in [6.07, 6.45) is 5.66. The van der Waals surface area contributed by atoms with Crippen molar-refractivity contribution in [2.45, 2.75) is 104 Å². The maximum atomic E-state index is 14.3. The number of aromatic nitrogens is 2. The standard InChI is InChI=1S/C35H48FN5O3/c1-6-23-17-26(20-28(36)18-23)33(43)39-34-38-30-12-7-24(21-40-15-13-27(14-16-40)35(4,5)44)19-31(30)41(34)29-10-8-25(9-11-29)32(42)37-22(2)3/h7,12,17-20,22,25,27,29,44H,6,8-11,13-16,21H2,1-5H3,(H,37,42)(H,38,39,43). The number of carbonyl (C=O) groups excluding carboxylic acids is 2. The molecule has 8 nitrogen and oxygen atoms in total. The van der Waals surface area contributed by atoms with Crippen LogP contribution in [0.3, 0.4) is 0 Å². The number of aryl methyl sites for hydroxylation is 1. The number of amides is 2. The van der Waals surface area contributed by atoms with E-state index in [-0.39, 0.29) is 29.5 Å². The molecule has 1 aliphatic heterocycles. The van der Waals surface area contributed by atoms with Crippen LogP contribution in [0.1, 0.15) is 101 Å². The molecular formula is C35H48FN5O3. The zero-order valence-corrected chi connectivity index (χ0v) is 26.8. The fraction of sp³-hybridized carbons (Fsp3) is 0.571. The van der Waals surface area contributed by atoms with Crippen molar-refractivity contribution in [2.24, 2.45) is 11.8 Å². The van der Waals surface area contributed by atoms with Crippen molar-refractivity contribution < 1.29 is 19.1 Å². The van der Waals surface area contributed by atoms with Crippen molar-refractivity contribution in [1.82, 2.24) is 19.8 Å². The molecule has 1 aliphatic carbocycles. The van der Waals surface area contributed by atoms with E-state index in [1.165, 1.54) is 17.7 Å². The molecule has 0 unspecified atom stereocenters. The van der Waals surface area contributed by atoms with Crippen LogP contribution in [0.5, 0.6) is 0 Å². The monoisotopic (exact) mass is 605 g/mol. The van der Waals surface area contributed by atoms with Crippen LogP contribution in [-0.4, -0.2) is 56.1 Å². The van der Waals surface area contributed by atoms with E-state index in [4.69, 9.17) is 4.98 Å². The summed E-state index contributed by atoms with van der Waals surface area (Å²) in [7, 11) is 0. The zero-order valence-electron chi connectivity index (χ0n) is 26.8. The Hall–Kier alpha value is -3.30. The molecule has 2 heterocycles. The molecule has 5 rings (SSSR count). The van der Waals surface area contributed by atoms with E-state index in [1.54, 1.807) is 6.07 Å². The number of fused-ring (bicyclic) bond motifs is 1. The lowest BCUT2D eigenvalue weighted by Crippen LogP contribution is -2.41. The normalized spacial score (nSPS) is 20.3. The van der Waals surface area contributed by atoms with Gasteiger partial charge in [0.25, 0.3) is 5.91 Å².